The Morgan fingerprint density at radius 1 is 1.04 bits per heavy atom. The van der Waals surface area contributed by atoms with Gasteiger partial charge in [-0.1, -0.05) is 6.92 Å². The normalized spacial score (nSPS) is 44.3. The molecule has 4 bridgehead atoms. The summed E-state index contributed by atoms with van der Waals surface area (Å²) in [7, 11) is 0. The number of ether oxygens (including phenoxy) is 3. The first kappa shape index (κ1) is 20.6. The van der Waals surface area contributed by atoms with Crippen molar-refractivity contribution >= 4 is 5.97 Å². The first-order valence-corrected chi connectivity index (χ1v) is 11.6. The van der Waals surface area contributed by atoms with Gasteiger partial charge < -0.3 is 19.3 Å². The molecule has 5 atom stereocenters. The number of esters is 1. The predicted molar refractivity (Wildman–Crippen MR) is 105 cm³/mol. The molecule has 4 aliphatic carbocycles. The minimum Gasteiger partial charge on any atom is -0.463 e. The molecule has 5 aliphatic rings. The topological polar surface area (TPSA) is 65.0 Å². The fourth-order valence-electron chi connectivity index (χ4n) is 6.94. The number of hydrogen-bond acceptors (Lipinski definition) is 5. The summed E-state index contributed by atoms with van der Waals surface area (Å²) in [5.74, 6) is 3.68. The highest BCUT2D eigenvalue weighted by Gasteiger charge is 2.52. The number of carbonyl (C=O) groups excluding carboxylic acids is 1. The van der Waals surface area contributed by atoms with Gasteiger partial charge in [-0.3, -0.25) is 4.79 Å². The highest BCUT2D eigenvalue weighted by molar-refractivity contribution is 5.66. The van der Waals surface area contributed by atoms with Crippen LogP contribution in [-0.2, 0) is 19.0 Å². The largest absolute Gasteiger partial charge is 0.463 e. The zero-order chi connectivity index (χ0) is 19.8. The van der Waals surface area contributed by atoms with Crippen LogP contribution in [0.25, 0.3) is 0 Å². The molecule has 0 aromatic heterocycles. The molecule has 1 N–H and O–H groups in total. The minimum atomic E-state index is -0.519. The van der Waals surface area contributed by atoms with E-state index in [1.165, 1.54) is 39.0 Å². The first-order valence-electron chi connectivity index (χ1n) is 11.6. The molecule has 28 heavy (non-hydrogen) atoms. The molecule has 0 aromatic rings. The van der Waals surface area contributed by atoms with Crippen molar-refractivity contribution in [1.29, 1.82) is 0 Å². The maximum absolute atomic E-state index is 11.1. The average molecular weight is 395 g/mol. The van der Waals surface area contributed by atoms with E-state index in [1.54, 1.807) is 0 Å². The van der Waals surface area contributed by atoms with Gasteiger partial charge in [0, 0.05) is 25.7 Å². The van der Waals surface area contributed by atoms with Crippen molar-refractivity contribution in [3.05, 3.63) is 0 Å². The van der Waals surface area contributed by atoms with Gasteiger partial charge in [-0.2, -0.15) is 0 Å². The molecule has 0 spiro atoms. The van der Waals surface area contributed by atoms with Crippen molar-refractivity contribution in [2.45, 2.75) is 109 Å². The SMILES string of the molecule is CCC1CC(CC(O)CC(C)OC(C)=O)OC(C2C3CC4CC(C3)CC2C4)O1. The van der Waals surface area contributed by atoms with Gasteiger partial charge in [0.05, 0.1) is 18.3 Å². The quantitative estimate of drug-likeness (QED) is 0.660. The van der Waals surface area contributed by atoms with Gasteiger partial charge in [-0.05, 0) is 75.5 Å². The van der Waals surface area contributed by atoms with Crippen molar-refractivity contribution in [2.75, 3.05) is 0 Å². The van der Waals surface area contributed by atoms with Gasteiger partial charge in [0.25, 0.3) is 0 Å². The lowest BCUT2D eigenvalue weighted by Crippen LogP contribution is -2.54. The Labute approximate surface area is 169 Å². The van der Waals surface area contributed by atoms with Gasteiger partial charge in [-0.15, -0.1) is 0 Å². The van der Waals surface area contributed by atoms with Crippen LogP contribution in [0.4, 0.5) is 0 Å². The van der Waals surface area contributed by atoms with Crippen LogP contribution in [0.15, 0.2) is 0 Å². The maximum Gasteiger partial charge on any atom is 0.302 e. The lowest BCUT2D eigenvalue weighted by atomic mass is 9.51. The number of hydrogen-bond donors (Lipinski definition) is 1. The predicted octanol–water partition coefficient (Wildman–Crippen LogP) is 4.06. The van der Waals surface area contributed by atoms with Crippen LogP contribution in [0.3, 0.4) is 0 Å². The Kier molecular flexibility index (Phi) is 6.34. The summed E-state index contributed by atoms with van der Waals surface area (Å²) in [6.07, 6.45) is 9.17. The molecule has 1 heterocycles. The second-order valence-corrected chi connectivity index (χ2v) is 10.1. The van der Waals surface area contributed by atoms with Crippen molar-refractivity contribution in [3.63, 3.8) is 0 Å². The second-order valence-electron chi connectivity index (χ2n) is 10.1. The molecule has 5 heteroatoms. The van der Waals surface area contributed by atoms with Crippen LogP contribution in [0.5, 0.6) is 0 Å². The third-order valence-electron chi connectivity index (χ3n) is 7.75. The molecular formula is C23H38O5. The average Bonchev–Trinajstić information content (AvgIpc) is 2.59. The molecule has 5 unspecified atom stereocenters. The summed E-state index contributed by atoms with van der Waals surface area (Å²) in [5, 5.41) is 10.5. The Morgan fingerprint density at radius 2 is 1.64 bits per heavy atom. The number of aliphatic hydroxyl groups is 1. The van der Waals surface area contributed by atoms with Crippen LogP contribution in [0.1, 0.15) is 78.6 Å². The van der Waals surface area contributed by atoms with E-state index < -0.39 is 6.10 Å². The molecule has 0 aromatic carbocycles. The van der Waals surface area contributed by atoms with Crippen molar-refractivity contribution in [1.82, 2.24) is 0 Å². The van der Waals surface area contributed by atoms with Gasteiger partial charge in [0.15, 0.2) is 6.29 Å². The molecule has 1 aliphatic heterocycles. The summed E-state index contributed by atoms with van der Waals surface area (Å²) < 4.78 is 18.1. The molecule has 5 fully saturated rings. The fraction of sp³-hybridized carbons (Fsp3) is 0.957. The van der Waals surface area contributed by atoms with Gasteiger partial charge in [0.2, 0.25) is 0 Å². The van der Waals surface area contributed by atoms with Crippen molar-refractivity contribution < 1.29 is 24.1 Å². The van der Waals surface area contributed by atoms with Crippen LogP contribution in [0.2, 0.25) is 0 Å². The van der Waals surface area contributed by atoms with E-state index in [0.29, 0.717) is 18.8 Å². The summed E-state index contributed by atoms with van der Waals surface area (Å²) >= 11 is 0. The summed E-state index contributed by atoms with van der Waals surface area (Å²) in [5.41, 5.74) is 0. The fourth-order valence-corrected chi connectivity index (χ4v) is 6.94. The smallest absolute Gasteiger partial charge is 0.302 e. The third-order valence-corrected chi connectivity index (χ3v) is 7.75. The molecule has 5 rings (SSSR count). The zero-order valence-electron chi connectivity index (χ0n) is 17.7. The van der Waals surface area contributed by atoms with E-state index in [0.717, 1.165) is 36.5 Å². The maximum atomic E-state index is 11.1. The monoisotopic (exact) mass is 394 g/mol. The third kappa shape index (κ3) is 4.57. The highest BCUT2D eigenvalue weighted by atomic mass is 16.7. The van der Waals surface area contributed by atoms with Crippen LogP contribution >= 0.6 is 0 Å². The van der Waals surface area contributed by atoms with Crippen LogP contribution < -0.4 is 0 Å². The molecule has 1 saturated heterocycles. The van der Waals surface area contributed by atoms with Crippen molar-refractivity contribution in [2.24, 2.45) is 29.6 Å². The molecule has 160 valence electrons. The molecule has 4 saturated carbocycles. The molecule has 0 radical (unpaired) electrons. The van der Waals surface area contributed by atoms with Crippen molar-refractivity contribution in [3.8, 4) is 0 Å². The highest BCUT2D eigenvalue weighted by Crippen LogP contribution is 2.58. The molecule has 0 amide bonds. The zero-order valence-corrected chi connectivity index (χ0v) is 17.7. The Morgan fingerprint density at radius 3 is 2.21 bits per heavy atom. The summed E-state index contributed by atoms with van der Waals surface area (Å²) in [4.78, 5) is 11.1. The first-order chi connectivity index (χ1) is 13.4. The lowest BCUT2D eigenvalue weighted by molar-refractivity contribution is -0.294. The summed E-state index contributed by atoms with van der Waals surface area (Å²) in [6, 6.07) is 0. The Bertz CT molecular complexity index is 521. The molecular weight excluding hydrogens is 356 g/mol. The van der Waals surface area contributed by atoms with E-state index in [4.69, 9.17) is 14.2 Å². The van der Waals surface area contributed by atoms with E-state index in [2.05, 4.69) is 6.92 Å². The summed E-state index contributed by atoms with van der Waals surface area (Å²) in [6.45, 7) is 5.42. The van der Waals surface area contributed by atoms with Gasteiger partial charge in [-0.25, -0.2) is 0 Å². The van der Waals surface area contributed by atoms with E-state index in [9.17, 15) is 9.90 Å². The Balaban J connectivity index is 1.36. The number of aliphatic hydroxyl groups excluding tert-OH is 1. The van der Waals surface area contributed by atoms with E-state index in [-0.39, 0.29) is 30.6 Å². The lowest BCUT2D eigenvalue weighted by Gasteiger charge is -2.57. The van der Waals surface area contributed by atoms with Crippen LogP contribution in [-0.4, -0.2) is 41.8 Å². The molecule has 5 nitrogen and oxygen atoms in total. The van der Waals surface area contributed by atoms with Gasteiger partial charge >= 0.3 is 5.97 Å². The van der Waals surface area contributed by atoms with Gasteiger partial charge in [0.1, 0.15) is 6.10 Å². The minimum absolute atomic E-state index is 0.0282. The number of carbonyl (C=O) groups is 1. The second kappa shape index (κ2) is 8.61. The number of rotatable bonds is 7. The Hall–Kier alpha value is -0.650. The van der Waals surface area contributed by atoms with E-state index >= 15 is 0 Å². The standard InChI is InChI=1S/C23H38O5/c1-4-20-12-21(11-19(25)5-13(2)26-14(3)24)28-23(27-20)22-17-7-15-6-16(9-17)10-18(22)8-15/h13,15-23,25H,4-12H2,1-3H3. The van der Waals surface area contributed by atoms with E-state index in [1.807, 2.05) is 6.92 Å². The van der Waals surface area contributed by atoms with Crippen LogP contribution in [0, 0.1) is 29.6 Å².